The van der Waals surface area contributed by atoms with Crippen molar-refractivity contribution in [1.82, 2.24) is 20.5 Å². The highest BCUT2D eigenvalue weighted by Crippen LogP contribution is 2.20. The highest BCUT2D eigenvalue weighted by molar-refractivity contribution is 7.80. The Morgan fingerprint density at radius 2 is 2.32 bits per heavy atom. The van der Waals surface area contributed by atoms with Gasteiger partial charge in [-0.2, -0.15) is 0 Å². The number of pyridine rings is 1. The van der Waals surface area contributed by atoms with Crippen LogP contribution in [0, 0.1) is 0 Å². The zero-order valence-corrected chi connectivity index (χ0v) is 16.4. The highest BCUT2D eigenvalue weighted by atomic mass is 32.1. The van der Waals surface area contributed by atoms with Crippen molar-refractivity contribution in [2.75, 3.05) is 31.5 Å². The number of thiocarbonyl (C=S) groups is 2. The average molecular weight is 378 g/mol. The molecule has 3 heterocycles. The van der Waals surface area contributed by atoms with Gasteiger partial charge >= 0.3 is 0 Å². The average Bonchev–Trinajstić information content (AvgIpc) is 2.98. The second-order valence-corrected chi connectivity index (χ2v) is 7.58. The Balaban J connectivity index is 1.49. The zero-order valence-electron chi connectivity index (χ0n) is 14.8. The Hall–Kier alpha value is -1.31. The van der Waals surface area contributed by atoms with Crippen molar-refractivity contribution in [1.29, 1.82) is 0 Å². The van der Waals surface area contributed by atoms with Crippen molar-refractivity contribution in [3.8, 4) is 0 Å². The Morgan fingerprint density at radius 1 is 1.44 bits per heavy atom. The molecule has 1 saturated heterocycles. The number of aryl methyl sites for hydroxylation is 1. The maximum Gasteiger partial charge on any atom is 0.129 e. The van der Waals surface area contributed by atoms with Crippen LogP contribution in [0.4, 0.5) is 5.82 Å². The maximum absolute atomic E-state index is 5.65. The van der Waals surface area contributed by atoms with Gasteiger partial charge in [-0.05, 0) is 37.3 Å². The third-order valence-corrected chi connectivity index (χ3v) is 5.50. The number of aromatic nitrogens is 1. The molecule has 0 spiro atoms. The predicted molar refractivity (Wildman–Crippen MR) is 111 cm³/mol. The smallest absolute Gasteiger partial charge is 0.129 e. The summed E-state index contributed by atoms with van der Waals surface area (Å²) >= 11 is 11.0. The number of nitrogens with zero attached hydrogens (tertiary/aromatic N) is 2. The Kier molecular flexibility index (Phi) is 6.56. The summed E-state index contributed by atoms with van der Waals surface area (Å²) in [7, 11) is 0. The first-order valence-electron chi connectivity index (χ1n) is 9.19. The fourth-order valence-electron chi connectivity index (χ4n) is 3.27. The molecule has 1 aromatic rings. The summed E-state index contributed by atoms with van der Waals surface area (Å²) in [4.78, 5) is 8.80. The number of anilines is 1. The number of hydrogen-bond acceptors (Lipinski definition) is 5. The quantitative estimate of drug-likeness (QED) is 0.630. The predicted octanol–water partition coefficient (Wildman–Crippen LogP) is 2.26. The maximum atomic E-state index is 5.65. The number of fused-ring (bicyclic) bond motifs is 1. The fraction of sp³-hybridized carbons (Fsp3) is 0.611. The second-order valence-electron chi connectivity index (χ2n) is 6.67. The lowest BCUT2D eigenvalue weighted by Gasteiger charge is -2.21. The van der Waals surface area contributed by atoms with E-state index in [4.69, 9.17) is 29.4 Å². The van der Waals surface area contributed by atoms with Crippen LogP contribution in [-0.2, 0) is 13.0 Å². The van der Waals surface area contributed by atoms with Gasteiger partial charge in [0.25, 0.3) is 0 Å². The Morgan fingerprint density at radius 3 is 3.16 bits per heavy atom. The Labute approximate surface area is 161 Å². The molecule has 1 fully saturated rings. The molecule has 0 bridgehead atoms. The molecule has 7 heteroatoms. The van der Waals surface area contributed by atoms with E-state index >= 15 is 0 Å². The van der Waals surface area contributed by atoms with Crippen LogP contribution in [0.25, 0.3) is 0 Å². The van der Waals surface area contributed by atoms with Gasteiger partial charge in [0.15, 0.2) is 0 Å². The minimum atomic E-state index is 0.231. The van der Waals surface area contributed by atoms with E-state index in [1.54, 1.807) is 0 Å². The molecule has 25 heavy (non-hydrogen) atoms. The van der Waals surface area contributed by atoms with Gasteiger partial charge in [0, 0.05) is 26.2 Å². The number of hydrogen-bond donors (Lipinski definition) is 3. The molecule has 5 nitrogen and oxygen atoms in total. The molecule has 0 aliphatic carbocycles. The van der Waals surface area contributed by atoms with E-state index < -0.39 is 0 Å². The van der Waals surface area contributed by atoms with Crippen molar-refractivity contribution in [2.24, 2.45) is 0 Å². The topological polar surface area (TPSA) is 52.2 Å². The van der Waals surface area contributed by atoms with Crippen LogP contribution in [0.2, 0.25) is 0 Å². The van der Waals surface area contributed by atoms with Gasteiger partial charge in [0.05, 0.1) is 28.3 Å². The summed E-state index contributed by atoms with van der Waals surface area (Å²) in [6.07, 6.45) is 4.42. The van der Waals surface area contributed by atoms with Gasteiger partial charge in [-0.25, -0.2) is 4.98 Å². The molecule has 2 aliphatic heterocycles. The van der Waals surface area contributed by atoms with Crippen LogP contribution in [0.15, 0.2) is 12.1 Å². The van der Waals surface area contributed by atoms with Crippen LogP contribution < -0.4 is 16.0 Å². The summed E-state index contributed by atoms with van der Waals surface area (Å²) in [6.45, 7) is 6.52. The van der Waals surface area contributed by atoms with Gasteiger partial charge in [-0.15, -0.1) is 0 Å². The van der Waals surface area contributed by atoms with E-state index in [0.717, 1.165) is 73.5 Å². The minimum absolute atomic E-state index is 0.231. The summed E-state index contributed by atoms with van der Waals surface area (Å²) in [5.41, 5.74) is 2.39. The minimum Gasteiger partial charge on any atom is -0.378 e. The lowest BCUT2D eigenvalue weighted by atomic mass is 10.1. The van der Waals surface area contributed by atoms with Crippen LogP contribution in [0.3, 0.4) is 0 Å². The van der Waals surface area contributed by atoms with E-state index in [1.807, 2.05) is 0 Å². The molecule has 0 radical (unpaired) electrons. The molecule has 0 saturated carbocycles. The van der Waals surface area contributed by atoms with Gasteiger partial charge < -0.3 is 20.9 Å². The molecular formula is C18H27N5S2. The largest absolute Gasteiger partial charge is 0.378 e. The number of likely N-dealkylation sites (tertiary alicyclic amines) is 1. The molecule has 136 valence electrons. The van der Waals surface area contributed by atoms with Crippen LogP contribution >= 0.6 is 24.4 Å². The van der Waals surface area contributed by atoms with Gasteiger partial charge in [-0.3, -0.25) is 0 Å². The van der Waals surface area contributed by atoms with Crippen molar-refractivity contribution in [3.05, 3.63) is 23.4 Å². The monoisotopic (exact) mass is 377 g/mol. The molecule has 1 atom stereocenters. The lowest BCUT2D eigenvalue weighted by molar-refractivity contribution is 0.514. The summed E-state index contributed by atoms with van der Waals surface area (Å²) < 4.78 is 0. The van der Waals surface area contributed by atoms with E-state index in [-0.39, 0.29) is 6.04 Å². The van der Waals surface area contributed by atoms with Crippen molar-refractivity contribution in [3.63, 3.8) is 0 Å². The summed E-state index contributed by atoms with van der Waals surface area (Å²) in [5, 5.41) is 10.2. The van der Waals surface area contributed by atoms with Crippen LogP contribution in [-0.4, -0.2) is 52.1 Å². The standard InChI is InChI=1S/C18H27N5S2/c1-2-8-19-16(24)12-23-10-7-15(18(23)25)21-11-14-6-5-13-4-3-9-20-17(13)22-14/h5-6,15,21H,2-4,7-12H2,1H3,(H,19,24)(H,20,22). The van der Waals surface area contributed by atoms with E-state index in [0.29, 0.717) is 0 Å². The molecule has 1 unspecified atom stereocenters. The first kappa shape index (κ1) is 18.5. The molecular weight excluding hydrogens is 350 g/mol. The second kappa shape index (κ2) is 8.87. The van der Waals surface area contributed by atoms with E-state index in [9.17, 15) is 0 Å². The molecule has 3 N–H and O–H groups in total. The number of rotatable bonds is 7. The van der Waals surface area contributed by atoms with Crippen molar-refractivity contribution < 1.29 is 0 Å². The van der Waals surface area contributed by atoms with Crippen LogP contribution in [0.1, 0.15) is 37.4 Å². The third-order valence-electron chi connectivity index (χ3n) is 4.69. The zero-order chi connectivity index (χ0) is 17.6. The van der Waals surface area contributed by atoms with Crippen molar-refractivity contribution >= 4 is 40.2 Å². The normalized spacial score (nSPS) is 19.5. The molecule has 3 rings (SSSR count). The first-order valence-corrected chi connectivity index (χ1v) is 10.0. The van der Waals surface area contributed by atoms with Gasteiger partial charge in [-0.1, -0.05) is 37.4 Å². The van der Waals surface area contributed by atoms with Crippen LogP contribution in [0.5, 0.6) is 0 Å². The van der Waals surface area contributed by atoms with Gasteiger partial charge in [0.1, 0.15) is 5.82 Å². The molecule has 0 amide bonds. The molecule has 1 aromatic heterocycles. The third kappa shape index (κ3) is 4.86. The SMILES string of the molecule is CCCNC(=S)CN1CCC(NCc2ccc3c(n2)NCCC3)C1=S. The van der Waals surface area contributed by atoms with E-state index in [2.05, 4.69) is 39.9 Å². The number of nitrogens with one attached hydrogen (secondary N) is 3. The highest BCUT2D eigenvalue weighted by Gasteiger charge is 2.28. The van der Waals surface area contributed by atoms with Gasteiger partial charge in [0.2, 0.25) is 0 Å². The molecule has 2 aliphatic rings. The molecule has 0 aromatic carbocycles. The lowest BCUT2D eigenvalue weighted by Crippen LogP contribution is -2.41. The first-order chi connectivity index (χ1) is 12.2. The van der Waals surface area contributed by atoms with E-state index in [1.165, 1.54) is 12.0 Å². The summed E-state index contributed by atoms with van der Waals surface area (Å²) in [6, 6.07) is 4.55. The fourth-order valence-corrected chi connectivity index (χ4v) is 3.89. The summed E-state index contributed by atoms with van der Waals surface area (Å²) in [5.74, 6) is 1.05. The Bertz CT molecular complexity index is 634. The van der Waals surface area contributed by atoms with Crippen molar-refractivity contribution in [2.45, 2.75) is 45.2 Å².